The van der Waals surface area contributed by atoms with E-state index in [4.69, 9.17) is 0 Å². The second-order valence-electron chi connectivity index (χ2n) is 3.15. The van der Waals surface area contributed by atoms with Crippen molar-refractivity contribution in [2.45, 2.75) is 38.5 Å². The molecule has 1 aliphatic carbocycles. The van der Waals surface area contributed by atoms with Crippen LogP contribution in [0.3, 0.4) is 0 Å². The molecule has 0 heteroatoms. The Kier molecular flexibility index (Phi) is 3.56. The van der Waals surface area contributed by atoms with Crippen LogP contribution in [0.25, 0.3) is 0 Å². The van der Waals surface area contributed by atoms with E-state index in [-0.39, 0.29) is 0 Å². The maximum absolute atomic E-state index is 3.95. The Bertz CT molecular complexity index is 103. The summed E-state index contributed by atoms with van der Waals surface area (Å²) in [5.41, 5.74) is 0. The first-order chi connectivity index (χ1) is 4.93. The fourth-order valence-corrected chi connectivity index (χ4v) is 1.48. The van der Waals surface area contributed by atoms with Crippen LogP contribution in [0.4, 0.5) is 0 Å². The van der Waals surface area contributed by atoms with Gasteiger partial charge >= 0.3 is 0 Å². The average molecular weight is 137 g/mol. The van der Waals surface area contributed by atoms with E-state index in [1.54, 1.807) is 0 Å². The van der Waals surface area contributed by atoms with Gasteiger partial charge < -0.3 is 0 Å². The predicted octanol–water partition coefficient (Wildman–Crippen LogP) is 3.35. The van der Waals surface area contributed by atoms with Crippen molar-refractivity contribution >= 4 is 0 Å². The maximum Gasteiger partial charge on any atom is -0.0322 e. The molecule has 1 aliphatic rings. The summed E-state index contributed by atoms with van der Waals surface area (Å²) in [5, 5.41) is 0. The van der Waals surface area contributed by atoms with E-state index in [1.165, 1.54) is 32.1 Å². The van der Waals surface area contributed by atoms with Crippen molar-refractivity contribution in [3.63, 3.8) is 0 Å². The van der Waals surface area contributed by atoms with Gasteiger partial charge in [0.1, 0.15) is 0 Å². The van der Waals surface area contributed by atoms with Gasteiger partial charge in [-0.25, -0.2) is 0 Å². The first kappa shape index (κ1) is 7.84. The first-order valence-electron chi connectivity index (χ1n) is 4.37. The third-order valence-electron chi connectivity index (χ3n) is 2.28. The molecule has 57 valence electrons. The van der Waals surface area contributed by atoms with Crippen molar-refractivity contribution in [3.05, 3.63) is 19.1 Å². The Morgan fingerprint density at radius 3 is 3.00 bits per heavy atom. The van der Waals surface area contributed by atoms with E-state index in [1.807, 2.05) is 0 Å². The summed E-state index contributed by atoms with van der Waals surface area (Å²) in [4.78, 5) is 0. The molecule has 0 aromatic rings. The molecule has 0 fully saturated rings. The molecular formula is C10H17. The normalized spacial score (nSPS) is 27.5. The molecule has 0 nitrogen and oxygen atoms in total. The molecule has 0 bridgehead atoms. The molecule has 0 N–H and O–H groups in total. The quantitative estimate of drug-likeness (QED) is 0.486. The molecule has 0 amide bonds. The number of hydrogen-bond acceptors (Lipinski definition) is 0. The maximum atomic E-state index is 3.95. The number of hydrogen-bond donors (Lipinski definition) is 0. The molecule has 0 aromatic carbocycles. The van der Waals surface area contributed by atoms with Crippen LogP contribution in [0.1, 0.15) is 38.5 Å². The Balaban J connectivity index is 2.30. The lowest BCUT2D eigenvalue weighted by Gasteiger charge is -2.13. The highest BCUT2D eigenvalue weighted by atomic mass is 14.1. The number of allylic oxidation sites excluding steroid dienone is 2. The van der Waals surface area contributed by atoms with Gasteiger partial charge in [0.05, 0.1) is 0 Å². The van der Waals surface area contributed by atoms with Crippen molar-refractivity contribution < 1.29 is 0 Å². The molecule has 0 spiro atoms. The highest BCUT2D eigenvalue weighted by Gasteiger charge is 2.04. The highest BCUT2D eigenvalue weighted by molar-refractivity contribution is 4.86. The second-order valence-corrected chi connectivity index (χ2v) is 3.15. The zero-order valence-electron chi connectivity index (χ0n) is 6.68. The van der Waals surface area contributed by atoms with E-state index >= 15 is 0 Å². The summed E-state index contributed by atoms with van der Waals surface area (Å²) < 4.78 is 0. The summed E-state index contributed by atoms with van der Waals surface area (Å²) in [6.45, 7) is 3.95. The Hall–Kier alpha value is -0.260. The average Bonchev–Trinajstić information content (AvgIpc) is 1.87. The van der Waals surface area contributed by atoms with Crippen LogP contribution in [0.2, 0.25) is 0 Å². The van der Waals surface area contributed by atoms with E-state index in [0.29, 0.717) is 0 Å². The molecule has 0 aliphatic heterocycles. The monoisotopic (exact) mass is 137 g/mol. The third-order valence-corrected chi connectivity index (χ3v) is 2.28. The van der Waals surface area contributed by atoms with Gasteiger partial charge in [0.2, 0.25) is 0 Å². The molecule has 1 rings (SSSR count). The minimum atomic E-state index is 0.872. The Morgan fingerprint density at radius 2 is 2.20 bits per heavy atom. The molecule has 0 saturated carbocycles. The summed E-state index contributed by atoms with van der Waals surface area (Å²) in [6.07, 6.45) is 12.5. The second kappa shape index (κ2) is 4.54. The van der Waals surface area contributed by atoms with Crippen LogP contribution in [-0.4, -0.2) is 0 Å². The standard InChI is InChI=1S/C10H17/c1-2-10-8-6-4-3-5-7-9-10/h4,6,10H,1-3,5,7-9H2. The SMILES string of the molecule is [CH2]CC1CC=CCCCC1. The van der Waals surface area contributed by atoms with Crippen LogP contribution in [-0.2, 0) is 0 Å². The van der Waals surface area contributed by atoms with Gasteiger partial charge in [-0.05, 0) is 25.2 Å². The fraction of sp³-hybridized carbons (Fsp3) is 0.700. The summed E-state index contributed by atoms with van der Waals surface area (Å²) in [5.74, 6) is 0.872. The van der Waals surface area contributed by atoms with E-state index in [9.17, 15) is 0 Å². The molecule has 1 radical (unpaired) electrons. The summed E-state index contributed by atoms with van der Waals surface area (Å²) >= 11 is 0. The number of rotatable bonds is 1. The summed E-state index contributed by atoms with van der Waals surface area (Å²) in [7, 11) is 0. The van der Waals surface area contributed by atoms with Crippen molar-refractivity contribution in [1.82, 2.24) is 0 Å². The van der Waals surface area contributed by atoms with Gasteiger partial charge in [0.25, 0.3) is 0 Å². The fourth-order valence-electron chi connectivity index (χ4n) is 1.48. The minimum absolute atomic E-state index is 0.872. The molecule has 10 heavy (non-hydrogen) atoms. The summed E-state index contributed by atoms with van der Waals surface area (Å²) in [6, 6.07) is 0. The van der Waals surface area contributed by atoms with Crippen LogP contribution in [0.15, 0.2) is 12.2 Å². The van der Waals surface area contributed by atoms with Crippen LogP contribution in [0.5, 0.6) is 0 Å². The zero-order chi connectivity index (χ0) is 7.23. The first-order valence-corrected chi connectivity index (χ1v) is 4.37. The molecule has 0 aromatic heterocycles. The van der Waals surface area contributed by atoms with Crippen molar-refractivity contribution in [3.8, 4) is 0 Å². The van der Waals surface area contributed by atoms with Gasteiger partial charge in [0, 0.05) is 0 Å². The van der Waals surface area contributed by atoms with Crippen molar-refractivity contribution in [2.24, 2.45) is 5.92 Å². The molecule has 0 saturated heterocycles. The van der Waals surface area contributed by atoms with Crippen LogP contribution < -0.4 is 0 Å². The van der Waals surface area contributed by atoms with E-state index in [2.05, 4.69) is 19.1 Å². The molecule has 0 heterocycles. The molecule has 1 unspecified atom stereocenters. The minimum Gasteiger partial charge on any atom is -0.0885 e. The topological polar surface area (TPSA) is 0 Å². The van der Waals surface area contributed by atoms with Gasteiger partial charge in [-0.2, -0.15) is 0 Å². The van der Waals surface area contributed by atoms with Gasteiger partial charge in [-0.1, -0.05) is 38.3 Å². The lowest BCUT2D eigenvalue weighted by Crippen LogP contribution is -1.98. The molecular weight excluding hydrogens is 120 g/mol. The lowest BCUT2D eigenvalue weighted by atomic mass is 9.93. The molecule has 1 atom stereocenters. The van der Waals surface area contributed by atoms with E-state index in [0.717, 1.165) is 12.3 Å². The smallest absolute Gasteiger partial charge is 0.0322 e. The highest BCUT2D eigenvalue weighted by Crippen LogP contribution is 2.20. The van der Waals surface area contributed by atoms with Gasteiger partial charge in [0.15, 0.2) is 0 Å². The van der Waals surface area contributed by atoms with Crippen molar-refractivity contribution in [1.29, 1.82) is 0 Å². The predicted molar refractivity (Wildman–Crippen MR) is 45.7 cm³/mol. The Morgan fingerprint density at radius 1 is 1.30 bits per heavy atom. The van der Waals surface area contributed by atoms with Gasteiger partial charge in [-0.15, -0.1) is 0 Å². The van der Waals surface area contributed by atoms with E-state index < -0.39 is 0 Å². The largest absolute Gasteiger partial charge is 0.0885 e. The van der Waals surface area contributed by atoms with Gasteiger partial charge in [-0.3, -0.25) is 0 Å². The zero-order valence-corrected chi connectivity index (χ0v) is 6.68. The van der Waals surface area contributed by atoms with Crippen LogP contribution >= 0.6 is 0 Å². The van der Waals surface area contributed by atoms with Crippen LogP contribution in [0, 0.1) is 12.8 Å². The van der Waals surface area contributed by atoms with Crippen molar-refractivity contribution in [2.75, 3.05) is 0 Å². The Labute approximate surface area is 64.3 Å². The third kappa shape index (κ3) is 2.55. The lowest BCUT2D eigenvalue weighted by molar-refractivity contribution is 0.461.